The molecule has 3 aromatic rings. The normalized spacial score (nSPS) is 19.6. The highest BCUT2D eigenvalue weighted by Crippen LogP contribution is 2.51. The molecule has 1 N–H and O–H groups in total. The van der Waals surface area contributed by atoms with Crippen molar-refractivity contribution in [1.82, 2.24) is 0 Å². The van der Waals surface area contributed by atoms with E-state index in [1.54, 1.807) is 7.11 Å². The van der Waals surface area contributed by atoms with Crippen molar-refractivity contribution in [2.75, 3.05) is 45.1 Å². The summed E-state index contributed by atoms with van der Waals surface area (Å²) in [5.74, 6) is 0.715. The molecule has 5 nitrogen and oxygen atoms in total. The van der Waals surface area contributed by atoms with Gasteiger partial charge in [0, 0.05) is 55.5 Å². The van der Waals surface area contributed by atoms with Gasteiger partial charge in [0.05, 0.1) is 7.11 Å². The lowest BCUT2D eigenvalue weighted by molar-refractivity contribution is 0.222. The second kappa shape index (κ2) is 7.50. The Labute approximate surface area is 177 Å². The first-order chi connectivity index (χ1) is 14.3. The first kappa shape index (κ1) is 20.5. The Morgan fingerprint density at radius 2 is 1.27 bits per heavy atom. The van der Waals surface area contributed by atoms with Crippen LogP contribution in [-0.4, -0.2) is 40.4 Å². The Kier molecular flexibility index (Phi) is 5.13. The van der Waals surface area contributed by atoms with Crippen LogP contribution in [0.4, 0.5) is 11.4 Å². The molecule has 3 aromatic carbocycles. The largest absolute Gasteiger partial charge is 0.497 e. The smallest absolute Gasteiger partial charge is 0.171 e. The van der Waals surface area contributed by atoms with E-state index in [1.807, 2.05) is 98.7 Å². The van der Waals surface area contributed by atoms with Gasteiger partial charge in [-0.15, -0.1) is 0 Å². The Morgan fingerprint density at radius 1 is 0.800 bits per heavy atom. The van der Waals surface area contributed by atoms with Gasteiger partial charge in [0.1, 0.15) is 11.9 Å². The van der Waals surface area contributed by atoms with Gasteiger partial charge in [-0.3, -0.25) is 0 Å². The molecule has 1 aliphatic rings. The summed E-state index contributed by atoms with van der Waals surface area (Å²) in [6, 6.07) is 19.0. The average Bonchev–Trinajstić information content (AvgIpc) is 2.76. The van der Waals surface area contributed by atoms with Crippen molar-refractivity contribution in [2.45, 2.75) is 6.10 Å². The first-order valence-corrected chi connectivity index (χ1v) is 11.5. The quantitative estimate of drug-likeness (QED) is 0.656. The van der Waals surface area contributed by atoms with E-state index in [-0.39, 0.29) is 0 Å². The molecular formula is C24H27N2O3P. The molecule has 1 heterocycles. The molecule has 0 bridgehead atoms. The van der Waals surface area contributed by atoms with Gasteiger partial charge in [-0.2, -0.15) is 0 Å². The third kappa shape index (κ3) is 3.10. The van der Waals surface area contributed by atoms with Crippen molar-refractivity contribution in [3.8, 4) is 5.75 Å². The molecule has 0 radical (unpaired) electrons. The zero-order valence-corrected chi connectivity index (χ0v) is 18.9. The van der Waals surface area contributed by atoms with Gasteiger partial charge in [-0.1, -0.05) is 12.1 Å². The molecule has 0 amide bonds. The predicted molar refractivity (Wildman–Crippen MR) is 125 cm³/mol. The Balaban J connectivity index is 2.06. The summed E-state index contributed by atoms with van der Waals surface area (Å²) in [5.41, 5.74) is 3.29. The average molecular weight is 422 g/mol. The van der Waals surface area contributed by atoms with Crippen LogP contribution in [0.1, 0.15) is 17.2 Å². The maximum absolute atomic E-state index is 15.0. The number of nitrogens with zero attached hydrogens (tertiary/aromatic N) is 2. The van der Waals surface area contributed by atoms with Crippen LogP contribution in [0, 0.1) is 0 Å². The second-order valence-electron chi connectivity index (χ2n) is 7.98. The summed E-state index contributed by atoms with van der Waals surface area (Å²) in [7, 11) is 6.22. The van der Waals surface area contributed by atoms with Crippen LogP contribution in [0.2, 0.25) is 0 Å². The summed E-state index contributed by atoms with van der Waals surface area (Å²) in [6.07, 6.45) is -0.817. The monoisotopic (exact) mass is 422 g/mol. The van der Waals surface area contributed by atoms with Crippen LogP contribution in [0.5, 0.6) is 5.75 Å². The first-order valence-electron chi connectivity index (χ1n) is 9.83. The predicted octanol–water partition coefficient (Wildman–Crippen LogP) is 2.86. The van der Waals surface area contributed by atoms with E-state index in [2.05, 4.69) is 0 Å². The highest BCUT2D eigenvalue weighted by atomic mass is 31.2. The van der Waals surface area contributed by atoms with Gasteiger partial charge >= 0.3 is 0 Å². The summed E-state index contributed by atoms with van der Waals surface area (Å²) >= 11 is 0. The van der Waals surface area contributed by atoms with Crippen molar-refractivity contribution in [2.24, 2.45) is 0 Å². The minimum Gasteiger partial charge on any atom is -0.497 e. The van der Waals surface area contributed by atoms with Crippen molar-refractivity contribution in [3.05, 3.63) is 71.8 Å². The third-order valence-corrected chi connectivity index (χ3v) is 8.92. The van der Waals surface area contributed by atoms with Gasteiger partial charge in [0.2, 0.25) is 0 Å². The van der Waals surface area contributed by atoms with Gasteiger partial charge in [-0.25, -0.2) is 0 Å². The van der Waals surface area contributed by atoms with E-state index in [9.17, 15) is 9.67 Å². The minimum absolute atomic E-state index is 0.690. The fourth-order valence-corrected chi connectivity index (χ4v) is 7.13. The molecular weight excluding hydrogens is 395 g/mol. The molecule has 0 saturated carbocycles. The van der Waals surface area contributed by atoms with Crippen molar-refractivity contribution >= 4 is 34.4 Å². The van der Waals surface area contributed by atoms with Crippen LogP contribution in [0.25, 0.3) is 0 Å². The number of ether oxygens (including phenoxy) is 1. The van der Waals surface area contributed by atoms with Crippen molar-refractivity contribution in [3.63, 3.8) is 0 Å². The molecule has 1 aliphatic heterocycles. The molecule has 0 unspecified atom stereocenters. The molecule has 0 atom stereocenters. The highest BCUT2D eigenvalue weighted by Gasteiger charge is 2.41. The number of rotatable bonds is 4. The zero-order chi connectivity index (χ0) is 21.6. The van der Waals surface area contributed by atoms with Gasteiger partial charge < -0.3 is 24.2 Å². The molecule has 0 saturated heterocycles. The molecule has 0 aromatic heterocycles. The number of aliphatic hydroxyl groups is 1. The number of hydrogen-bond donors (Lipinski definition) is 1. The minimum atomic E-state index is -3.22. The number of anilines is 2. The number of hydrogen-bond acceptors (Lipinski definition) is 5. The van der Waals surface area contributed by atoms with Gasteiger partial charge in [0.25, 0.3) is 0 Å². The highest BCUT2D eigenvalue weighted by molar-refractivity contribution is 7.85. The topological polar surface area (TPSA) is 53.0 Å². The van der Waals surface area contributed by atoms with Gasteiger partial charge in [-0.05, 0) is 59.7 Å². The van der Waals surface area contributed by atoms with Gasteiger partial charge in [0.15, 0.2) is 7.14 Å². The maximum Gasteiger partial charge on any atom is 0.171 e. The van der Waals surface area contributed by atoms with E-state index >= 15 is 0 Å². The summed E-state index contributed by atoms with van der Waals surface area (Å²) in [4.78, 5) is 3.97. The summed E-state index contributed by atoms with van der Waals surface area (Å²) in [5, 5.41) is 13.3. The fraction of sp³-hybridized carbons (Fsp3) is 0.250. The van der Waals surface area contributed by atoms with Crippen LogP contribution in [0.15, 0.2) is 60.7 Å². The summed E-state index contributed by atoms with van der Waals surface area (Å²) in [6.45, 7) is 0. The summed E-state index contributed by atoms with van der Waals surface area (Å²) < 4.78 is 20.3. The van der Waals surface area contributed by atoms with Crippen molar-refractivity contribution < 1.29 is 14.4 Å². The van der Waals surface area contributed by atoms with Crippen LogP contribution < -0.4 is 30.5 Å². The fourth-order valence-electron chi connectivity index (χ4n) is 4.00. The number of aliphatic hydroxyl groups excluding tert-OH is 1. The van der Waals surface area contributed by atoms with Crippen molar-refractivity contribution in [1.29, 1.82) is 0 Å². The zero-order valence-electron chi connectivity index (χ0n) is 18.0. The second-order valence-corrected chi connectivity index (χ2v) is 10.7. The molecule has 4 rings (SSSR count). The Morgan fingerprint density at radius 3 is 1.67 bits per heavy atom. The lowest BCUT2D eigenvalue weighted by Crippen LogP contribution is -2.36. The number of benzene rings is 3. The standard InChI is InChI=1S/C24H27N2O3P/c1-25(2)16-6-12-20-22(14-16)30(28,19-10-8-18(29-5)9-11-19)23-15-17(26(3)4)7-13-21(23)24(20)27/h6-15,24,27H,1-5H3. The van der Waals surface area contributed by atoms with E-state index in [1.165, 1.54) is 0 Å². The van der Waals surface area contributed by atoms with Crippen LogP contribution in [-0.2, 0) is 4.57 Å². The maximum atomic E-state index is 15.0. The van der Waals surface area contributed by atoms with E-state index in [4.69, 9.17) is 4.74 Å². The SMILES string of the molecule is COc1ccc(P2(=O)c3cc(N(C)C)ccc3C(O)c3ccc(N(C)C)cc32)cc1. The molecule has 0 fully saturated rings. The molecule has 0 aliphatic carbocycles. The van der Waals surface area contributed by atoms with E-state index in [0.717, 1.165) is 16.7 Å². The van der Waals surface area contributed by atoms with E-state index in [0.29, 0.717) is 27.5 Å². The Hall–Kier alpha value is -2.75. The van der Waals surface area contributed by atoms with Crippen LogP contribution >= 0.6 is 7.14 Å². The molecule has 0 spiro atoms. The van der Waals surface area contributed by atoms with E-state index < -0.39 is 13.2 Å². The van der Waals surface area contributed by atoms with Crippen LogP contribution in [0.3, 0.4) is 0 Å². The lowest BCUT2D eigenvalue weighted by Gasteiger charge is -2.34. The molecule has 30 heavy (non-hydrogen) atoms. The lowest BCUT2D eigenvalue weighted by atomic mass is 9.99. The number of fused-ring (bicyclic) bond motifs is 2. The Bertz CT molecular complexity index is 1080. The number of methoxy groups -OCH3 is 1. The third-order valence-electron chi connectivity index (χ3n) is 5.76. The molecule has 156 valence electrons. The molecule has 6 heteroatoms.